The molecule has 5 heteroatoms. The Hall–Kier alpha value is -3.02. The van der Waals surface area contributed by atoms with E-state index in [-0.39, 0.29) is 0 Å². The molecule has 0 saturated carbocycles. The van der Waals surface area contributed by atoms with E-state index in [2.05, 4.69) is 53.4 Å². The van der Waals surface area contributed by atoms with Gasteiger partial charge in [-0.05, 0) is 46.5 Å². The first kappa shape index (κ1) is 19.3. The van der Waals surface area contributed by atoms with Crippen LogP contribution in [0.2, 0.25) is 0 Å². The maximum atomic E-state index is 5.73. The molecule has 1 aliphatic rings. The van der Waals surface area contributed by atoms with Gasteiger partial charge in [-0.1, -0.05) is 42.5 Å². The van der Waals surface area contributed by atoms with Crippen LogP contribution in [0.25, 0.3) is 0 Å². The Morgan fingerprint density at radius 1 is 0.759 bits per heavy atom. The van der Waals surface area contributed by atoms with Crippen molar-refractivity contribution in [1.29, 1.82) is 0 Å². The van der Waals surface area contributed by atoms with Crippen LogP contribution in [0.5, 0.6) is 17.2 Å². The van der Waals surface area contributed by atoms with Crippen LogP contribution in [0, 0.1) is 0 Å². The Bertz CT molecular complexity index is 890. The second kappa shape index (κ2) is 8.99. The molecule has 150 valence electrons. The zero-order valence-corrected chi connectivity index (χ0v) is 16.6. The Morgan fingerprint density at radius 3 is 1.97 bits per heavy atom. The van der Waals surface area contributed by atoms with Crippen LogP contribution in [0.3, 0.4) is 0 Å². The molecule has 3 aromatic rings. The molecule has 29 heavy (non-hydrogen) atoms. The van der Waals surface area contributed by atoms with Crippen molar-refractivity contribution in [2.45, 2.75) is 26.2 Å². The zero-order valence-electron chi connectivity index (χ0n) is 16.6. The van der Waals surface area contributed by atoms with E-state index in [1.54, 1.807) is 7.11 Å². The van der Waals surface area contributed by atoms with Crippen LogP contribution in [0.4, 0.5) is 0 Å². The summed E-state index contributed by atoms with van der Waals surface area (Å²) < 4.78 is 16.3. The smallest absolute Gasteiger partial charge is 0.231 e. The molecule has 0 aliphatic carbocycles. The molecule has 1 aliphatic heterocycles. The third-order valence-corrected chi connectivity index (χ3v) is 5.07. The Balaban J connectivity index is 1.53. The van der Waals surface area contributed by atoms with Gasteiger partial charge in [0, 0.05) is 26.2 Å². The normalized spacial score (nSPS) is 12.4. The van der Waals surface area contributed by atoms with Crippen molar-refractivity contribution in [3.63, 3.8) is 0 Å². The molecule has 2 N–H and O–H groups in total. The summed E-state index contributed by atoms with van der Waals surface area (Å²) in [6, 6.07) is 22.9. The predicted octanol–water partition coefficient (Wildman–Crippen LogP) is 4.09. The van der Waals surface area contributed by atoms with Crippen LogP contribution in [-0.2, 0) is 26.2 Å². The summed E-state index contributed by atoms with van der Waals surface area (Å²) >= 11 is 0. The van der Waals surface area contributed by atoms with Crippen molar-refractivity contribution in [1.82, 2.24) is 4.90 Å². The van der Waals surface area contributed by atoms with E-state index < -0.39 is 0 Å². The van der Waals surface area contributed by atoms with Gasteiger partial charge >= 0.3 is 0 Å². The van der Waals surface area contributed by atoms with Crippen molar-refractivity contribution < 1.29 is 14.2 Å². The number of benzene rings is 3. The van der Waals surface area contributed by atoms with E-state index in [1.165, 1.54) is 16.7 Å². The molecule has 0 amide bonds. The van der Waals surface area contributed by atoms with Crippen molar-refractivity contribution in [2.24, 2.45) is 5.73 Å². The Kier molecular flexibility index (Phi) is 5.98. The number of fused-ring (bicyclic) bond motifs is 1. The first-order chi connectivity index (χ1) is 14.2. The largest absolute Gasteiger partial charge is 0.497 e. The molecule has 0 saturated heterocycles. The molecule has 0 unspecified atom stereocenters. The first-order valence-electron chi connectivity index (χ1n) is 9.75. The second-order valence-electron chi connectivity index (χ2n) is 7.20. The van der Waals surface area contributed by atoms with Gasteiger partial charge in [0.05, 0.1) is 7.11 Å². The van der Waals surface area contributed by atoms with E-state index in [4.69, 9.17) is 19.9 Å². The monoisotopic (exact) mass is 390 g/mol. The van der Waals surface area contributed by atoms with Crippen LogP contribution in [-0.4, -0.2) is 18.8 Å². The number of ether oxygens (including phenoxy) is 3. The van der Waals surface area contributed by atoms with Crippen LogP contribution in [0.1, 0.15) is 22.3 Å². The lowest BCUT2D eigenvalue weighted by Crippen LogP contribution is -2.22. The summed E-state index contributed by atoms with van der Waals surface area (Å²) in [6.45, 7) is 3.33. The van der Waals surface area contributed by atoms with Gasteiger partial charge in [-0.2, -0.15) is 0 Å². The average molecular weight is 390 g/mol. The minimum absolute atomic E-state index is 0.293. The third-order valence-electron chi connectivity index (χ3n) is 5.07. The zero-order chi connectivity index (χ0) is 20.1. The summed E-state index contributed by atoms with van der Waals surface area (Å²) in [5.41, 5.74) is 10.6. The van der Waals surface area contributed by atoms with Gasteiger partial charge < -0.3 is 19.9 Å². The topological polar surface area (TPSA) is 57.0 Å². The molecule has 4 rings (SSSR count). The van der Waals surface area contributed by atoms with Crippen molar-refractivity contribution >= 4 is 0 Å². The van der Waals surface area contributed by atoms with Crippen LogP contribution >= 0.6 is 0 Å². The average Bonchev–Trinajstić information content (AvgIpc) is 3.23. The van der Waals surface area contributed by atoms with Gasteiger partial charge in [0.1, 0.15) is 5.75 Å². The number of rotatable bonds is 8. The van der Waals surface area contributed by atoms with Gasteiger partial charge in [0.15, 0.2) is 11.5 Å². The molecular formula is C24H26N2O3. The van der Waals surface area contributed by atoms with Crippen molar-refractivity contribution in [3.8, 4) is 17.2 Å². The molecule has 5 nitrogen and oxygen atoms in total. The van der Waals surface area contributed by atoms with E-state index >= 15 is 0 Å². The van der Waals surface area contributed by atoms with Gasteiger partial charge in [0.25, 0.3) is 0 Å². The fraction of sp³-hybridized carbons (Fsp3) is 0.250. The second-order valence-corrected chi connectivity index (χ2v) is 7.20. The van der Waals surface area contributed by atoms with Gasteiger partial charge in [-0.3, -0.25) is 4.90 Å². The highest BCUT2D eigenvalue weighted by Crippen LogP contribution is 2.33. The number of hydrogen-bond acceptors (Lipinski definition) is 5. The van der Waals surface area contributed by atoms with Crippen LogP contribution in [0.15, 0.2) is 66.7 Å². The molecule has 0 radical (unpaired) electrons. The van der Waals surface area contributed by atoms with E-state index in [1.807, 2.05) is 18.2 Å². The minimum Gasteiger partial charge on any atom is -0.497 e. The summed E-state index contributed by atoms with van der Waals surface area (Å²) in [4.78, 5) is 2.41. The summed E-state index contributed by atoms with van der Waals surface area (Å²) in [5.74, 6) is 2.50. The van der Waals surface area contributed by atoms with E-state index in [0.717, 1.165) is 42.4 Å². The maximum Gasteiger partial charge on any atom is 0.231 e. The fourth-order valence-corrected chi connectivity index (χ4v) is 3.49. The Labute approximate surface area is 171 Å². The summed E-state index contributed by atoms with van der Waals surface area (Å²) in [6.07, 6.45) is 0. The quantitative estimate of drug-likeness (QED) is 0.628. The number of nitrogens with zero attached hydrogens (tertiary/aromatic N) is 1. The highest BCUT2D eigenvalue weighted by atomic mass is 16.7. The lowest BCUT2D eigenvalue weighted by molar-refractivity contribution is 0.174. The number of methoxy groups -OCH3 is 1. The number of hydrogen-bond donors (Lipinski definition) is 1. The SMILES string of the molecule is COc1ccc(CN(Cc2ccc(CN)cc2)Cc2ccc3c(c2)OCO3)cc1. The summed E-state index contributed by atoms with van der Waals surface area (Å²) in [7, 11) is 1.69. The predicted molar refractivity (Wildman–Crippen MR) is 113 cm³/mol. The Morgan fingerprint density at radius 2 is 1.31 bits per heavy atom. The molecule has 3 aromatic carbocycles. The lowest BCUT2D eigenvalue weighted by Gasteiger charge is -2.23. The third kappa shape index (κ3) is 4.88. The minimum atomic E-state index is 0.293. The summed E-state index contributed by atoms with van der Waals surface area (Å²) in [5, 5.41) is 0. The highest BCUT2D eigenvalue weighted by Gasteiger charge is 2.15. The first-order valence-corrected chi connectivity index (χ1v) is 9.75. The van der Waals surface area contributed by atoms with Gasteiger partial charge in [0.2, 0.25) is 6.79 Å². The van der Waals surface area contributed by atoms with Crippen LogP contribution < -0.4 is 19.9 Å². The molecule has 0 bridgehead atoms. The standard InChI is InChI=1S/C24H26N2O3/c1-27-22-9-6-20(7-10-22)15-26(14-19-4-2-18(13-25)3-5-19)16-21-8-11-23-24(12-21)29-17-28-23/h2-12H,13-17,25H2,1H3. The molecular weight excluding hydrogens is 364 g/mol. The van der Waals surface area contributed by atoms with Crippen molar-refractivity contribution in [2.75, 3.05) is 13.9 Å². The van der Waals surface area contributed by atoms with Crippen molar-refractivity contribution in [3.05, 3.63) is 89.0 Å². The van der Waals surface area contributed by atoms with E-state index in [0.29, 0.717) is 13.3 Å². The molecule has 1 heterocycles. The molecule has 0 aromatic heterocycles. The fourth-order valence-electron chi connectivity index (χ4n) is 3.49. The van der Waals surface area contributed by atoms with Gasteiger partial charge in [-0.15, -0.1) is 0 Å². The van der Waals surface area contributed by atoms with Gasteiger partial charge in [-0.25, -0.2) is 0 Å². The highest BCUT2D eigenvalue weighted by molar-refractivity contribution is 5.44. The van der Waals surface area contributed by atoms with E-state index in [9.17, 15) is 0 Å². The molecule has 0 spiro atoms. The molecule has 0 fully saturated rings. The maximum absolute atomic E-state index is 5.73. The lowest BCUT2D eigenvalue weighted by atomic mass is 10.1. The molecule has 0 atom stereocenters. The number of nitrogens with two attached hydrogens (primary N) is 1.